The van der Waals surface area contributed by atoms with Crippen LogP contribution in [0, 0.1) is 5.92 Å². The molecule has 1 aliphatic rings. The summed E-state index contributed by atoms with van der Waals surface area (Å²) in [5.41, 5.74) is 7.03. The zero-order valence-corrected chi connectivity index (χ0v) is 21.0. The number of amides is 1. The van der Waals surface area contributed by atoms with Crippen LogP contribution >= 0.6 is 0 Å². The van der Waals surface area contributed by atoms with Crippen molar-refractivity contribution < 1.29 is 14.7 Å². The van der Waals surface area contributed by atoms with Gasteiger partial charge in [0.1, 0.15) is 0 Å². The average molecular weight is 494 g/mol. The minimum atomic E-state index is -0.788. The summed E-state index contributed by atoms with van der Waals surface area (Å²) < 4.78 is 0. The van der Waals surface area contributed by atoms with Crippen LogP contribution in [0.3, 0.4) is 0 Å². The monoisotopic (exact) mass is 493 g/mol. The number of rotatable bonds is 8. The van der Waals surface area contributed by atoms with E-state index in [2.05, 4.69) is 23.5 Å². The van der Waals surface area contributed by atoms with Crippen molar-refractivity contribution >= 4 is 22.9 Å². The number of nitrogens with one attached hydrogen (secondary N) is 1. The Morgan fingerprint density at radius 2 is 1.78 bits per heavy atom. The van der Waals surface area contributed by atoms with E-state index in [1.165, 1.54) is 11.1 Å². The number of aliphatic carboxylic acids is 1. The zero-order valence-electron chi connectivity index (χ0n) is 21.0. The molecule has 2 N–H and O–H groups in total. The predicted octanol–water partition coefficient (Wildman–Crippen LogP) is 6.15. The van der Waals surface area contributed by atoms with Gasteiger partial charge < -0.3 is 10.4 Å². The summed E-state index contributed by atoms with van der Waals surface area (Å²) in [4.78, 5) is 34.3. The lowest BCUT2D eigenvalue weighted by Gasteiger charge is -2.26. The Labute approximate surface area is 216 Å². The number of fused-ring (bicyclic) bond motifs is 2. The molecule has 3 aromatic carbocycles. The van der Waals surface area contributed by atoms with Gasteiger partial charge in [0.15, 0.2) is 0 Å². The van der Waals surface area contributed by atoms with Gasteiger partial charge in [-0.05, 0) is 67.9 Å². The number of hydrogen-bond donors (Lipinski definition) is 2. The van der Waals surface area contributed by atoms with E-state index in [9.17, 15) is 14.7 Å². The van der Waals surface area contributed by atoms with Gasteiger partial charge in [0.05, 0.1) is 34.4 Å². The van der Waals surface area contributed by atoms with E-state index >= 15 is 0 Å². The van der Waals surface area contributed by atoms with Gasteiger partial charge in [0.25, 0.3) is 5.91 Å². The highest BCUT2D eigenvalue weighted by molar-refractivity contribution is 5.97. The van der Waals surface area contributed by atoms with Gasteiger partial charge in [-0.3, -0.25) is 9.59 Å². The first kappa shape index (κ1) is 24.6. The summed E-state index contributed by atoms with van der Waals surface area (Å²) in [6, 6.07) is 23.7. The third-order valence-electron chi connectivity index (χ3n) is 7.19. The first-order valence-electron chi connectivity index (χ1n) is 13.0. The van der Waals surface area contributed by atoms with E-state index < -0.39 is 11.9 Å². The van der Waals surface area contributed by atoms with E-state index in [1.807, 2.05) is 54.6 Å². The summed E-state index contributed by atoms with van der Waals surface area (Å²) in [6.45, 7) is 1.72. The molecule has 0 bridgehead atoms. The maximum atomic E-state index is 13.2. The van der Waals surface area contributed by atoms with E-state index in [0.29, 0.717) is 30.3 Å². The van der Waals surface area contributed by atoms with Crippen LogP contribution in [0.5, 0.6) is 0 Å². The van der Waals surface area contributed by atoms with Gasteiger partial charge in [-0.25, -0.2) is 9.97 Å². The quantitative estimate of drug-likeness (QED) is 0.307. The molecule has 1 aliphatic carbocycles. The fourth-order valence-corrected chi connectivity index (χ4v) is 5.08. The van der Waals surface area contributed by atoms with Crippen LogP contribution in [0.1, 0.15) is 65.8 Å². The standard InChI is InChI=1S/C31H31N3O3/c1-20(31(36)37)9-7-16-27-29(22-11-3-2-4-12-22)33-26-18-17-23(19-28(26)32-27)30(35)34-25-15-8-13-21-10-5-6-14-24(21)25/h2-6,10-12,14,17-20,25H,7-9,13,15-16H2,1H3,(H,34,35)(H,36,37)/t20?,25-/m1/s1. The molecule has 0 aliphatic heterocycles. The number of nitrogens with zero attached hydrogens (tertiary/aromatic N) is 2. The normalized spacial score (nSPS) is 15.6. The molecule has 6 nitrogen and oxygen atoms in total. The molecule has 6 heteroatoms. The number of carboxylic acid groups (broad SMARTS) is 1. The van der Waals surface area contributed by atoms with Crippen LogP contribution in [-0.4, -0.2) is 27.0 Å². The molecular weight excluding hydrogens is 462 g/mol. The van der Waals surface area contributed by atoms with E-state index in [4.69, 9.17) is 9.97 Å². The second-order valence-corrected chi connectivity index (χ2v) is 9.84. The highest BCUT2D eigenvalue weighted by Crippen LogP contribution is 2.30. The molecule has 0 saturated carbocycles. The summed E-state index contributed by atoms with van der Waals surface area (Å²) in [7, 11) is 0. The maximum Gasteiger partial charge on any atom is 0.306 e. The third kappa shape index (κ3) is 5.53. The van der Waals surface area contributed by atoms with Crippen LogP contribution < -0.4 is 5.32 Å². The van der Waals surface area contributed by atoms with Gasteiger partial charge in [-0.15, -0.1) is 0 Å². The van der Waals surface area contributed by atoms with Crippen molar-refractivity contribution in [3.05, 3.63) is 95.2 Å². The highest BCUT2D eigenvalue weighted by Gasteiger charge is 2.22. The number of aryl methyl sites for hydroxylation is 2. The first-order valence-corrected chi connectivity index (χ1v) is 13.0. The van der Waals surface area contributed by atoms with Crippen LogP contribution in [0.15, 0.2) is 72.8 Å². The molecule has 1 aromatic heterocycles. The van der Waals surface area contributed by atoms with Crippen molar-refractivity contribution in [2.45, 2.75) is 51.5 Å². The molecule has 4 aromatic rings. The molecule has 0 fully saturated rings. The fourth-order valence-electron chi connectivity index (χ4n) is 5.08. The second-order valence-electron chi connectivity index (χ2n) is 9.84. The van der Waals surface area contributed by atoms with Gasteiger partial charge >= 0.3 is 5.97 Å². The van der Waals surface area contributed by atoms with Crippen molar-refractivity contribution in [3.63, 3.8) is 0 Å². The van der Waals surface area contributed by atoms with E-state index in [-0.39, 0.29) is 11.9 Å². The number of carbonyl (C=O) groups excluding carboxylic acids is 1. The minimum Gasteiger partial charge on any atom is -0.481 e. The van der Waals surface area contributed by atoms with Crippen molar-refractivity contribution in [1.82, 2.24) is 15.3 Å². The molecule has 1 heterocycles. The molecule has 37 heavy (non-hydrogen) atoms. The average Bonchev–Trinajstić information content (AvgIpc) is 2.93. The molecule has 0 radical (unpaired) electrons. The maximum absolute atomic E-state index is 13.2. The number of carbonyl (C=O) groups is 2. The Hall–Kier alpha value is -4.06. The van der Waals surface area contributed by atoms with Crippen molar-refractivity contribution in [3.8, 4) is 11.3 Å². The van der Waals surface area contributed by atoms with E-state index in [0.717, 1.165) is 41.7 Å². The molecule has 0 spiro atoms. The SMILES string of the molecule is CC(CCCc1nc2cc(C(=O)N[C@@H]3CCCc4ccccc43)ccc2nc1-c1ccccc1)C(=O)O. The highest BCUT2D eigenvalue weighted by atomic mass is 16.4. The number of carboxylic acids is 1. The summed E-state index contributed by atoms with van der Waals surface area (Å²) in [5, 5.41) is 12.5. The van der Waals surface area contributed by atoms with Crippen molar-refractivity contribution in [1.29, 1.82) is 0 Å². The lowest BCUT2D eigenvalue weighted by Crippen LogP contribution is -2.31. The molecule has 0 saturated heterocycles. The minimum absolute atomic E-state index is 0.00599. The van der Waals surface area contributed by atoms with Gasteiger partial charge in [0, 0.05) is 11.1 Å². The number of hydrogen-bond acceptors (Lipinski definition) is 4. The Morgan fingerprint density at radius 1 is 1.00 bits per heavy atom. The fraction of sp³-hybridized carbons (Fsp3) is 0.290. The first-order chi connectivity index (χ1) is 18.0. The van der Waals surface area contributed by atoms with Gasteiger partial charge in [-0.2, -0.15) is 0 Å². The van der Waals surface area contributed by atoms with Crippen LogP contribution in [0.2, 0.25) is 0 Å². The van der Waals surface area contributed by atoms with Crippen molar-refractivity contribution in [2.24, 2.45) is 5.92 Å². The molecule has 5 rings (SSSR count). The number of benzene rings is 3. The lowest BCUT2D eigenvalue weighted by molar-refractivity contribution is -0.141. The smallest absolute Gasteiger partial charge is 0.306 e. The number of aromatic nitrogens is 2. The van der Waals surface area contributed by atoms with Crippen LogP contribution in [0.25, 0.3) is 22.3 Å². The molecular formula is C31H31N3O3. The third-order valence-corrected chi connectivity index (χ3v) is 7.19. The van der Waals surface area contributed by atoms with Crippen LogP contribution in [0.4, 0.5) is 0 Å². The summed E-state index contributed by atoms with van der Waals surface area (Å²) in [6.07, 6.45) is 4.89. The Kier molecular flexibility index (Phi) is 7.26. The Morgan fingerprint density at radius 3 is 2.59 bits per heavy atom. The van der Waals surface area contributed by atoms with Crippen LogP contribution in [-0.2, 0) is 17.6 Å². The molecule has 1 amide bonds. The Bertz CT molecular complexity index is 1430. The molecule has 1 unspecified atom stereocenters. The van der Waals surface area contributed by atoms with Crippen molar-refractivity contribution in [2.75, 3.05) is 0 Å². The summed E-state index contributed by atoms with van der Waals surface area (Å²) in [5.74, 6) is -1.31. The lowest BCUT2D eigenvalue weighted by atomic mass is 9.87. The Balaban J connectivity index is 1.43. The molecule has 2 atom stereocenters. The largest absolute Gasteiger partial charge is 0.481 e. The topological polar surface area (TPSA) is 92.2 Å². The zero-order chi connectivity index (χ0) is 25.8. The molecule has 188 valence electrons. The summed E-state index contributed by atoms with van der Waals surface area (Å²) >= 11 is 0. The second kappa shape index (κ2) is 10.9. The van der Waals surface area contributed by atoms with E-state index in [1.54, 1.807) is 6.92 Å². The van der Waals surface area contributed by atoms with Gasteiger partial charge in [0.2, 0.25) is 0 Å². The predicted molar refractivity (Wildman–Crippen MR) is 144 cm³/mol. The van der Waals surface area contributed by atoms with Gasteiger partial charge in [-0.1, -0.05) is 61.5 Å².